The van der Waals surface area contributed by atoms with Crippen LogP contribution < -0.4 is 10.6 Å². The van der Waals surface area contributed by atoms with E-state index in [4.69, 9.17) is 4.74 Å². The van der Waals surface area contributed by atoms with Crippen LogP contribution in [-0.4, -0.2) is 79.9 Å². The molecule has 1 heterocycles. The second-order valence-corrected chi connectivity index (χ2v) is 8.59. The van der Waals surface area contributed by atoms with Gasteiger partial charge >= 0.3 is 5.97 Å². The largest absolute Gasteiger partial charge is 0.465 e. The number of hydrogen-bond acceptors (Lipinski definition) is 6. The fraction of sp³-hybridized carbons (Fsp3) is 0.565. The smallest absolute Gasteiger partial charge is 0.307 e. The minimum Gasteiger partial charge on any atom is -0.465 e. The van der Waals surface area contributed by atoms with Gasteiger partial charge in [0, 0.05) is 39.3 Å². The summed E-state index contributed by atoms with van der Waals surface area (Å²) < 4.78 is 5.19. The second-order valence-electron chi connectivity index (χ2n) is 8.59. The van der Waals surface area contributed by atoms with E-state index in [1.807, 2.05) is 26.0 Å². The number of nitrogens with one attached hydrogen (secondary N) is 2. The van der Waals surface area contributed by atoms with Gasteiger partial charge in [0.25, 0.3) is 0 Å². The van der Waals surface area contributed by atoms with Gasteiger partial charge in [0.2, 0.25) is 17.7 Å². The third kappa shape index (κ3) is 8.30. The molecule has 0 saturated carbocycles. The first-order chi connectivity index (χ1) is 15.2. The molecule has 3 amide bonds. The number of carbonyl (C=O) groups is 4. The average Bonchev–Trinajstić information content (AvgIpc) is 2.73. The number of anilines is 1. The lowest BCUT2D eigenvalue weighted by atomic mass is 10.1. The number of hydrogen-bond donors (Lipinski definition) is 2. The highest BCUT2D eigenvalue weighted by Crippen LogP contribution is 2.14. The van der Waals surface area contributed by atoms with Crippen molar-refractivity contribution < 1.29 is 23.9 Å². The van der Waals surface area contributed by atoms with E-state index in [9.17, 15) is 19.2 Å². The first-order valence-corrected chi connectivity index (χ1v) is 10.9. The predicted molar refractivity (Wildman–Crippen MR) is 121 cm³/mol. The molecule has 1 fully saturated rings. The quantitative estimate of drug-likeness (QED) is 0.520. The highest BCUT2D eigenvalue weighted by molar-refractivity contribution is 5.93. The topological polar surface area (TPSA) is 108 Å². The summed E-state index contributed by atoms with van der Waals surface area (Å²) in [6, 6.07) is 6.60. The summed E-state index contributed by atoms with van der Waals surface area (Å²) in [5, 5.41) is 5.57. The van der Waals surface area contributed by atoms with Crippen LogP contribution in [0.3, 0.4) is 0 Å². The first kappa shape index (κ1) is 25.3. The van der Waals surface area contributed by atoms with Crippen LogP contribution in [-0.2, 0) is 30.3 Å². The van der Waals surface area contributed by atoms with Crippen molar-refractivity contribution in [1.82, 2.24) is 15.1 Å². The molecule has 1 aromatic carbocycles. The number of carbonyl (C=O) groups excluding carboxylic acids is 4. The van der Waals surface area contributed by atoms with Crippen molar-refractivity contribution in [2.45, 2.75) is 39.2 Å². The van der Waals surface area contributed by atoms with Crippen LogP contribution in [0.15, 0.2) is 24.3 Å². The molecule has 1 aromatic rings. The van der Waals surface area contributed by atoms with Crippen LogP contribution in [0.4, 0.5) is 5.69 Å². The van der Waals surface area contributed by atoms with Gasteiger partial charge in [-0.3, -0.25) is 24.1 Å². The Labute approximate surface area is 189 Å². The van der Waals surface area contributed by atoms with Crippen LogP contribution in [0.2, 0.25) is 0 Å². The molecule has 0 aliphatic carbocycles. The normalized spacial score (nSPS) is 16.4. The van der Waals surface area contributed by atoms with Crippen molar-refractivity contribution in [3.8, 4) is 0 Å². The summed E-state index contributed by atoms with van der Waals surface area (Å²) in [6.45, 7) is 5.06. The maximum absolute atomic E-state index is 12.6. The summed E-state index contributed by atoms with van der Waals surface area (Å²) in [5.41, 5.74) is 1.64. The van der Waals surface area contributed by atoms with Crippen molar-refractivity contribution >= 4 is 29.4 Å². The van der Waals surface area contributed by atoms with Gasteiger partial charge in [-0.1, -0.05) is 26.0 Å². The Bertz CT molecular complexity index is 807. The Hall–Kier alpha value is -2.94. The molecule has 2 rings (SSSR count). The number of benzene rings is 1. The van der Waals surface area contributed by atoms with Crippen LogP contribution in [0.25, 0.3) is 0 Å². The van der Waals surface area contributed by atoms with Gasteiger partial charge in [-0.2, -0.15) is 0 Å². The molecule has 1 unspecified atom stereocenters. The fourth-order valence-corrected chi connectivity index (χ4v) is 3.26. The fourth-order valence-electron chi connectivity index (χ4n) is 3.26. The number of nitrogens with zero attached hydrogens (tertiary/aromatic N) is 2. The number of rotatable bonds is 10. The third-order valence-electron chi connectivity index (χ3n) is 5.09. The Balaban J connectivity index is 1.88. The molecule has 0 spiro atoms. The van der Waals surface area contributed by atoms with Crippen molar-refractivity contribution in [2.75, 3.05) is 45.7 Å². The van der Waals surface area contributed by atoms with E-state index in [0.29, 0.717) is 38.2 Å². The van der Waals surface area contributed by atoms with E-state index in [1.165, 1.54) is 0 Å². The molecule has 0 bridgehead atoms. The Kier molecular flexibility index (Phi) is 9.64. The SMILES string of the molecule is CC(C)COC(=O)CC1C(=O)NCCN1CC(=O)Nc1ccc(CCC(=O)N(C)C)cc1. The summed E-state index contributed by atoms with van der Waals surface area (Å²) in [7, 11) is 3.46. The standard InChI is InChI=1S/C23H34N4O5/c1-16(2)15-32-22(30)13-19-23(31)24-11-12-27(19)14-20(28)25-18-8-5-17(6-9-18)7-10-21(29)26(3)4/h5-6,8-9,16,19H,7,10-15H2,1-4H3,(H,24,31)(H,25,28). The molecular weight excluding hydrogens is 412 g/mol. The zero-order chi connectivity index (χ0) is 23.7. The molecular formula is C23H34N4O5. The van der Waals surface area contributed by atoms with E-state index in [2.05, 4.69) is 10.6 Å². The van der Waals surface area contributed by atoms with Gasteiger partial charge in [0.15, 0.2) is 0 Å². The van der Waals surface area contributed by atoms with Gasteiger partial charge in [0.05, 0.1) is 19.6 Å². The zero-order valence-corrected chi connectivity index (χ0v) is 19.3. The number of esters is 1. The van der Waals surface area contributed by atoms with Crippen LogP contribution in [0.1, 0.15) is 32.3 Å². The lowest BCUT2D eigenvalue weighted by molar-refractivity contribution is -0.149. The monoisotopic (exact) mass is 446 g/mol. The van der Waals surface area contributed by atoms with Crippen LogP contribution in [0.5, 0.6) is 0 Å². The molecule has 9 heteroatoms. The summed E-state index contributed by atoms with van der Waals surface area (Å²) in [5.74, 6) is -0.719. The van der Waals surface area contributed by atoms with Crippen molar-refractivity contribution in [3.63, 3.8) is 0 Å². The van der Waals surface area contributed by atoms with Crippen LogP contribution >= 0.6 is 0 Å². The predicted octanol–water partition coefficient (Wildman–Crippen LogP) is 1.04. The number of ether oxygens (including phenoxy) is 1. The summed E-state index contributed by atoms with van der Waals surface area (Å²) >= 11 is 0. The number of piperazine rings is 1. The average molecular weight is 447 g/mol. The van der Waals surface area contributed by atoms with Gasteiger partial charge < -0.3 is 20.3 Å². The minimum atomic E-state index is -0.731. The third-order valence-corrected chi connectivity index (χ3v) is 5.09. The van der Waals surface area contributed by atoms with Crippen molar-refractivity contribution in [2.24, 2.45) is 5.92 Å². The zero-order valence-electron chi connectivity index (χ0n) is 19.3. The van der Waals surface area contributed by atoms with Crippen LogP contribution in [0, 0.1) is 5.92 Å². The van der Waals surface area contributed by atoms with Gasteiger partial charge in [-0.15, -0.1) is 0 Å². The van der Waals surface area contributed by atoms with E-state index < -0.39 is 12.0 Å². The molecule has 2 N–H and O–H groups in total. The molecule has 1 saturated heterocycles. The van der Waals surface area contributed by atoms with Gasteiger partial charge in [-0.25, -0.2) is 0 Å². The number of amides is 3. The Morgan fingerprint density at radius 2 is 1.91 bits per heavy atom. The molecule has 1 aliphatic heterocycles. The number of aryl methyl sites for hydroxylation is 1. The molecule has 9 nitrogen and oxygen atoms in total. The van der Waals surface area contributed by atoms with Crippen molar-refractivity contribution in [1.29, 1.82) is 0 Å². The molecule has 176 valence electrons. The highest BCUT2D eigenvalue weighted by atomic mass is 16.5. The lowest BCUT2D eigenvalue weighted by Gasteiger charge is -2.33. The van der Waals surface area contributed by atoms with E-state index in [0.717, 1.165) is 5.56 Å². The second kappa shape index (κ2) is 12.2. The van der Waals surface area contributed by atoms with Crippen molar-refractivity contribution in [3.05, 3.63) is 29.8 Å². The molecule has 1 aliphatic rings. The maximum atomic E-state index is 12.6. The Morgan fingerprint density at radius 1 is 1.22 bits per heavy atom. The highest BCUT2D eigenvalue weighted by Gasteiger charge is 2.33. The minimum absolute atomic E-state index is 0.00532. The van der Waals surface area contributed by atoms with E-state index in [1.54, 1.807) is 36.0 Å². The molecule has 32 heavy (non-hydrogen) atoms. The summed E-state index contributed by atoms with van der Waals surface area (Å²) in [6.07, 6.45) is 0.964. The van der Waals surface area contributed by atoms with Gasteiger partial charge in [-0.05, 0) is 30.0 Å². The van der Waals surface area contributed by atoms with E-state index >= 15 is 0 Å². The first-order valence-electron chi connectivity index (χ1n) is 10.9. The van der Waals surface area contributed by atoms with Gasteiger partial charge in [0.1, 0.15) is 6.04 Å². The molecule has 1 atom stereocenters. The lowest BCUT2D eigenvalue weighted by Crippen LogP contribution is -2.57. The summed E-state index contributed by atoms with van der Waals surface area (Å²) in [4.78, 5) is 51.9. The molecule has 0 aromatic heterocycles. The molecule has 0 radical (unpaired) electrons. The maximum Gasteiger partial charge on any atom is 0.307 e. The Morgan fingerprint density at radius 3 is 2.53 bits per heavy atom. The van der Waals surface area contributed by atoms with E-state index in [-0.39, 0.29) is 36.6 Å².